The highest BCUT2D eigenvalue weighted by Crippen LogP contribution is 2.44. The number of aliphatic carboxylic acids is 1. The molecular formula is C12H13ClN2O4S. The lowest BCUT2D eigenvalue weighted by atomic mass is 10.0. The van der Waals surface area contributed by atoms with Gasteiger partial charge < -0.3 is 10.2 Å². The zero-order valence-corrected chi connectivity index (χ0v) is 12.1. The first-order valence-electron chi connectivity index (χ1n) is 5.87. The average molecular weight is 317 g/mol. The number of hydrogen-bond acceptors (Lipinski definition) is 5. The van der Waals surface area contributed by atoms with E-state index >= 15 is 0 Å². The van der Waals surface area contributed by atoms with Crippen LogP contribution in [0.2, 0.25) is 5.02 Å². The SMILES string of the molecule is C[C@H]1N(N=O)[C@@H](C(=O)O)CS[C@]1(O)c1cccc(Cl)c1. The number of carboxylic acid groups (broad SMARTS) is 1. The number of carboxylic acids is 1. The molecule has 20 heavy (non-hydrogen) atoms. The van der Waals surface area contributed by atoms with Gasteiger partial charge >= 0.3 is 5.97 Å². The van der Waals surface area contributed by atoms with E-state index in [9.17, 15) is 14.8 Å². The first kappa shape index (κ1) is 15.1. The lowest BCUT2D eigenvalue weighted by Crippen LogP contribution is -2.56. The molecule has 1 aliphatic heterocycles. The molecule has 1 aromatic rings. The van der Waals surface area contributed by atoms with Crippen LogP contribution in [0.15, 0.2) is 29.6 Å². The van der Waals surface area contributed by atoms with Gasteiger partial charge in [-0.1, -0.05) is 23.7 Å². The largest absolute Gasteiger partial charge is 0.480 e. The van der Waals surface area contributed by atoms with Gasteiger partial charge in [0.05, 0.1) is 11.3 Å². The van der Waals surface area contributed by atoms with Crippen molar-refractivity contribution in [2.75, 3.05) is 5.75 Å². The number of thioether (sulfide) groups is 1. The molecule has 1 heterocycles. The molecule has 8 heteroatoms. The Hall–Kier alpha value is -1.31. The fraction of sp³-hybridized carbons (Fsp3) is 0.417. The molecule has 0 amide bonds. The molecule has 0 radical (unpaired) electrons. The van der Waals surface area contributed by atoms with Crippen LogP contribution in [0.25, 0.3) is 0 Å². The fourth-order valence-electron chi connectivity index (χ4n) is 2.20. The average Bonchev–Trinajstić information content (AvgIpc) is 2.41. The third-order valence-corrected chi connectivity index (χ3v) is 5.10. The van der Waals surface area contributed by atoms with Crippen LogP contribution in [0.4, 0.5) is 0 Å². The van der Waals surface area contributed by atoms with Gasteiger partial charge in [-0.15, -0.1) is 16.7 Å². The van der Waals surface area contributed by atoms with Crippen molar-refractivity contribution in [2.24, 2.45) is 5.29 Å². The maximum atomic E-state index is 11.1. The van der Waals surface area contributed by atoms with E-state index in [1.54, 1.807) is 31.2 Å². The summed E-state index contributed by atoms with van der Waals surface area (Å²) in [7, 11) is 0. The third kappa shape index (κ3) is 2.48. The Morgan fingerprint density at radius 1 is 1.60 bits per heavy atom. The Morgan fingerprint density at radius 3 is 2.85 bits per heavy atom. The number of carbonyl (C=O) groups is 1. The molecule has 0 bridgehead atoms. The molecule has 1 fully saturated rings. The second-order valence-corrected chi connectivity index (χ2v) is 6.19. The first-order chi connectivity index (χ1) is 9.40. The van der Waals surface area contributed by atoms with Crippen molar-refractivity contribution in [2.45, 2.75) is 23.9 Å². The van der Waals surface area contributed by atoms with E-state index in [0.717, 1.165) is 16.8 Å². The second-order valence-electron chi connectivity index (χ2n) is 4.51. The summed E-state index contributed by atoms with van der Waals surface area (Å²) in [5.41, 5.74) is 0.514. The Kier molecular flexibility index (Phi) is 4.22. The van der Waals surface area contributed by atoms with E-state index in [2.05, 4.69) is 5.29 Å². The maximum absolute atomic E-state index is 11.1. The van der Waals surface area contributed by atoms with Gasteiger partial charge in [0.2, 0.25) is 0 Å². The predicted molar refractivity (Wildman–Crippen MR) is 76.3 cm³/mol. The van der Waals surface area contributed by atoms with Crippen molar-refractivity contribution in [1.29, 1.82) is 0 Å². The molecule has 108 valence electrons. The Balaban J connectivity index is 2.38. The molecule has 2 rings (SSSR count). The quantitative estimate of drug-likeness (QED) is 0.830. The van der Waals surface area contributed by atoms with Gasteiger partial charge in [-0.2, -0.15) is 0 Å². The second kappa shape index (κ2) is 5.59. The normalized spacial score (nSPS) is 30.1. The molecule has 0 aliphatic carbocycles. The van der Waals surface area contributed by atoms with Crippen LogP contribution in [0.5, 0.6) is 0 Å². The van der Waals surface area contributed by atoms with Crippen LogP contribution in [-0.4, -0.2) is 39.0 Å². The smallest absolute Gasteiger partial charge is 0.329 e. The minimum atomic E-state index is -1.44. The minimum absolute atomic E-state index is 0.0500. The highest BCUT2D eigenvalue weighted by molar-refractivity contribution is 8.00. The number of halogens is 1. The summed E-state index contributed by atoms with van der Waals surface area (Å²) in [6.45, 7) is 1.56. The topological polar surface area (TPSA) is 90.2 Å². The lowest BCUT2D eigenvalue weighted by Gasteiger charge is -2.44. The summed E-state index contributed by atoms with van der Waals surface area (Å²) in [4.78, 5) is 20.6. The van der Waals surface area contributed by atoms with Gasteiger partial charge in [0.15, 0.2) is 11.0 Å². The summed E-state index contributed by atoms with van der Waals surface area (Å²) in [5.74, 6) is -1.09. The van der Waals surface area contributed by atoms with Crippen molar-refractivity contribution in [3.8, 4) is 0 Å². The zero-order valence-electron chi connectivity index (χ0n) is 10.6. The van der Waals surface area contributed by atoms with Gasteiger partial charge in [-0.3, -0.25) is 0 Å². The summed E-state index contributed by atoms with van der Waals surface area (Å²) in [6.07, 6.45) is 0. The van der Waals surface area contributed by atoms with E-state index < -0.39 is 23.0 Å². The van der Waals surface area contributed by atoms with Gasteiger partial charge in [0, 0.05) is 10.8 Å². The van der Waals surface area contributed by atoms with Gasteiger partial charge in [-0.25, -0.2) is 9.80 Å². The van der Waals surface area contributed by atoms with Crippen molar-refractivity contribution in [3.05, 3.63) is 39.8 Å². The number of aliphatic hydroxyl groups is 1. The Morgan fingerprint density at radius 2 is 2.30 bits per heavy atom. The number of hydrogen-bond donors (Lipinski definition) is 2. The standard InChI is InChI=1S/C12H13ClN2O4S/c1-7-12(18,8-3-2-4-9(13)5-8)20-6-10(11(16)17)15(7)14-19/h2-5,7,10,18H,6H2,1H3,(H,16,17)/t7-,10-,12+/m1/s1. The van der Waals surface area contributed by atoms with Crippen LogP contribution in [0.1, 0.15) is 12.5 Å². The van der Waals surface area contributed by atoms with Crippen molar-refractivity contribution >= 4 is 29.3 Å². The zero-order chi connectivity index (χ0) is 14.9. The molecule has 2 N–H and O–H groups in total. The van der Waals surface area contributed by atoms with Crippen LogP contribution >= 0.6 is 23.4 Å². The Labute approximate surface area is 124 Å². The number of rotatable bonds is 3. The highest BCUT2D eigenvalue weighted by Gasteiger charge is 2.49. The minimum Gasteiger partial charge on any atom is -0.480 e. The Bertz CT molecular complexity index is 544. The molecule has 6 nitrogen and oxygen atoms in total. The first-order valence-corrected chi connectivity index (χ1v) is 7.23. The molecule has 0 spiro atoms. The summed E-state index contributed by atoms with van der Waals surface area (Å²) >= 11 is 6.98. The molecule has 3 atom stereocenters. The van der Waals surface area contributed by atoms with Gasteiger partial charge in [0.25, 0.3) is 0 Å². The van der Waals surface area contributed by atoms with Crippen LogP contribution in [0.3, 0.4) is 0 Å². The van der Waals surface area contributed by atoms with Crippen molar-refractivity contribution in [3.63, 3.8) is 0 Å². The summed E-state index contributed by atoms with van der Waals surface area (Å²) in [5, 5.41) is 24.0. The van der Waals surface area contributed by atoms with Crippen molar-refractivity contribution in [1.82, 2.24) is 5.01 Å². The van der Waals surface area contributed by atoms with E-state index in [1.165, 1.54) is 0 Å². The van der Waals surface area contributed by atoms with E-state index in [1.807, 2.05) is 0 Å². The predicted octanol–water partition coefficient (Wildman–Crippen LogP) is 2.06. The summed E-state index contributed by atoms with van der Waals surface area (Å²) in [6, 6.07) is 4.78. The molecule has 1 saturated heterocycles. The van der Waals surface area contributed by atoms with Crippen LogP contribution in [0, 0.1) is 4.91 Å². The third-order valence-electron chi connectivity index (χ3n) is 3.36. The van der Waals surface area contributed by atoms with E-state index in [4.69, 9.17) is 16.7 Å². The van der Waals surface area contributed by atoms with Crippen LogP contribution < -0.4 is 0 Å². The lowest BCUT2D eigenvalue weighted by molar-refractivity contribution is -0.145. The molecule has 0 saturated carbocycles. The van der Waals surface area contributed by atoms with Gasteiger partial charge in [0.1, 0.15) is 0 Å². The number of benzene rings is 1. The molecule has 1 aliphatic rings. The van der Waals surface area contributed by atoms with E-state index in [-0.39, 0.29) is 5.75 Å². The van der Waals surface area contributed by atoms with Gasteiger partial charge in [-0.05, 0) is 24.6 Å². The molecule has 0 unspecified atom stereocenters. The van der Waals surface area contributed by atoms with E-state index in [0.29, 0.717) is 10.6 Å². The number of nitroso groups, excluding NO2 is 1. The molecular weight excluding hydrogens is 304 g/mol. The summed E-state index contributed by atoms with van der Waals surface area (Å²) < 4.78 is 0. The number of nitrogens with zero attached hydrogens (tertiary/aromatic N) is 2. The van der Waals surface area contributed by atoms with Crippen LogP contribution in [-0.2, 0) is 9.73 Å². The maximum Gasteiger partial charge on any atom is 0.329 e. The van der Waals surface area contributed by atoms with Crippen molar-refractivity contribution < 1.29 is 15.0 Å². The molecule has 1 aromatic carbocycles. The monoisotopic (exact) mass is 316 g/mol. The molecule has 0 aromatic heterocycles. The fourth-order valence-corrected chi connectivity index (χ4v) is 3.74. The highest BCUT2D eigenvalue weighted by atomic mass is 35.5.